The van der Waals surface area contributed by atoms with Gasteiger partial charge in [0.15, 0.2) is 11.5 Å². The SMILES string of the molecule is COc1ccc(CNC(=O)N2CCN(C3CC3)CC2)c(OC)c1OC. The molecule has 1 aliphatic carbocycles. The molecule has 0 unspecified atom stereocenters. The normalized spacial score (nSPS) is 18.0. The fourth-order valence-electron chi connectivity index (χ4n) is 3.31. The zero-order chi connectivity index (χ0) is 17.8. The predicted octanol–water partition coefficient (Wildman–Crippen LogP) is 1.70. The molecule has 1 N–H and O–H groups in total. The number of benzene rings is 1. The van der Waals surface area contributed by atoms with E-state index in [1.165, 1.54) is 12.8 Å². The van der Waals surface area contributed by atoms with Crippen molar-refractivity contribution in [2.45, 2.75) is 25.4 Å². The van der Waals surface area contributed by atoms with Crippen molar-refractivity contribution >= 4 is 6.03 Å². The van der Waals surface area contributed by atoms with Gasteiger partial charge in [-0.2, -0.15) is 0 Å². The van der Waals surface area contributed by atoms with E-state index in [-0.39, 0.29) is 6.03 Å². The van der Waals surface area contributed by atoms with Crippen LogP contribution in [-0.2, 0) is 6.54 Å². The third-order valence-electron chi connectivity index (χ3n) is 4.88. The zero-order valence-corrected chi connectivity index (χ0v) is 15.2. The van der Waals surface area contributed by atoms with E-state index in [2.05, 4.69) is 10.2 Å². The molecule has 2 amide bonds. The first-order valence-corrected chi connectivity index (χ1v) is 8.72. The van der Waals surface area contributed by atoms with E-state index in [0.717, 1.165) is 37.8 Å². The Labute approximate surface area is 148 Å². The molecule has 1 aromatic rings. The fourth-order valence-corrected chi connectivity index (χ4v) is 3.31. The van der Waals surface area contributed by atoms with Gasteiger partial charge in [-0.05, 0) is 25.0 Å². The summed E-state index contributed by atoms with van der Waals surface area (Å²) in [5.74, 6) is 1.72. The standard InChI is InChI=1S/C18H27N3O4/c1-23-15-7-4-13(16(24-2)17(15)25-3)12-19-18(22)21-10-8-20(9-11-21)14-5-6-14/h4,7,14H,5-6,8-12H2,1-3H3,(H,19,22). The number of carbonyl (C=O) groups excluding carboxylic acids is 1. The van der Waals surface area contributed by atoms with Gasteiger partial charge in [-0.3, -0.25) is 4.90 Å². The summed E-state index contributed by atoms with van der Waals surface area (Å²) in [5, 5.41) is 2.98. The highest BCUT2D eigenvalue weighted by atomic mass is 16.5. The van der Waals surface area contributed by atoms with Crippen LogP contribution in [0.2, 0.25) is 0 Å². The Hall–Kier alpha value is -2.15. The van der Waals surface area contributed by atoms with Crippen molar-refractivity contribution in [1.29, 1.82) is 0 Å². The molecular weight excluding hydrogens is 322 g/mol. The van der Waals surface area contributed by atoms with E-state index in [0.29, 0.717) is 23.8 Å². The van der Waals surface area contributed by atoms with Crippen molar-refractivity contribution < 1.29 is 19.0 Å². The second kappa shape index (κ2) is 7.82. The molecule has 25 heavy (non-hydrogen) atoms. The van der Waals surface area contributed by atoms with Crippen LogP contribution in [0, 0.1) is 0 Å². The highest BCUT2D eigenvalue weighted by Crippen LogP contribution is 2.39. The molecule has 0 aromatic heterocycles. The van der Waals surface area contributed by atoms with Crippen LogP contribution in [0.25, 0.3) is 0 Å². The molecule has 3 rings (SSSR count). The molecule has 1 saturated carbocycles. The minimum absolute atomic E-state index is 0.0349. The number of urea groups is 1. The Morgan fingerprint density at radius 2 is 1.72 bits per heavy atom. The number of piperazine rings is 1. The first kappa shape index (κ1) is 17.7. The predicted molar refractivity (Wildman–Crippen MR) is 94.5 cm³/mol. The van der Waals surface area contributed by atoms with Crippen molar-refractivity contribution in [1.82, 2.24) is 15.1 Å². The maximum absolute atomic E-state index is 12.4. The average Bonchev–Trinajstić information content (AvgIpc) is 3.50. The summed E-state index contributed by atoms with van der Waals surface area (Å²) in [6.07, 6.45) is 2.62. The number of rotatable bonds is 6. The van der Waals surface area contributed by atoms with Gasteiger partial charge in [0.1, 0.15) is 0 Å². The summed E-state index contributed by atoms with van der Waals surface area (Å²) in [6, 6.07) is 4.43. The Bertz CT molecular complexity index is 611. The van der Waals surface area contributed by atoms with E-state index in [9.17, 15) is 4.79 Å². The second-order valence-corrected chi connectivity index (χ2v) is 6.41. The molecule has 0 atom stereocenters. The summed E-state index contributed by atoms with van der Waals surface area (Å²) >= 11 is 0. The van der Waals surface area contributed by atoms with Crippen LogP contribution in [0.4, 0.5) is 4.79 Å². The van der Waals surface area contributed by atoms with Crippen molar-refractivity contribution in [3.05, 3.63) is 17.7 Å². The highest BCUT2D eigenvalue weighted by Gasteiger charge is 2.32. The van der Waals surface area contributed by atoms with Gasteiger partial charge in [-0.25, -0.2) is 4.79 Å². The first-order valence-electron chi connectivity index (χ1n) is 8.72. The Morgan fingerprint density at radius 1 is 1.04 bits per heavy atom. The second-order valence-electron chi connectivity index (χ2n) is 6.41. The largest absolute Gasteiger partial charge is 0.493 e. The lowest BCUT2D eigenvalue weighted by molar-refractivity contribution is 0.134. The maximum atomic E-state index is 12.4. The van der Waals surface area contributed by atoms with E-state index in [1.807, 2.05) is 17.0 Å². The van der Waals surface area contributed by atoms with Crippen LogP contribution in [0.3, 0.4) is 0 Å². The van der Waals surface area contributed by atoms with Gasteiger partial charge in [-0.1, -0.05) is 0 Å². The zero-order valence-electron chi connectivity index (χ0n) is 15.2. The van der Waals surface area contributed by atoms with Crippen molar-refractivity contribution in [2.24, 2.45) is 0 Å². The molecule has 2 fully saturated rings. The molecule has 7 nitrogen and oxygen atoms in total. The molecule has 1 saturated heterocycles. The number of methoxy groups -OCH3 is 3. The summed E-state index contributed by atoms with van der Waals surface area (Å²) in [4.78, 5) is 16.8. The van der Waals surface area contributed by atoms with Gasteiger partial charge >= 0.3 is 6.03 Å². The third kappa shape index (κ3) is 3.92. The smallest absolute Gasteiger partial charge is 0.317 e. The molecule has 0 bridgehead atoms. The number of carbonyl (C=O) groups is 1. The fraction of sp³-hybridized carbons (Fsp3) is 0.611. The summed E-state index contributed by atoms with van der Waals surface area (Å²) in [7, 11) is 4.74. The van der Waals surface area contributed by atoms with Crippen molar-refractivity contribution in [3.8, 4) is 17.2 Å². The molecule has 2 aliphatic rings. The van der Waals surface area contributed by atoms with Crippen molar-refractivity contribution in [3.63, 3.8) is 0 Å². The number of hydrogen-bond donors (Lipinski definition) is 1. The summed E-state index contributed by atoms with van der Waals surface area (Å²) in [5.41, 5.74) is 0.852. The molecule has 0 radical (unpaired) electrons. The van der Waals surface area contributed by atoms with Gasteiger partial charge in [0.25, 0.3) is 0 Å². The minimum atomic E-state index is -0.0349. The van der Waals surface area contributed by atoms with Gasteiger partial charge in [-0.15, -0.1) is 0 Å². The van der Waals surface area contributed by atoms with E-state index >= 15 is 0 Å². The lowest BCUT2D eigenvalue weighted by Crippen LogP contribution is -2.52. The van der Waals surface area contributed by atoms with Crippen LogP contribution in [-0.4, -0.2) is 69.4 Å². The van der Waals surface area contributed by atoms with E-state index < -0.39 is 0 Å². The molecule has 1 heterocycles. The number of amides is 2. The van der Waals surface area contributed by atoms with Gasteiger partial charge in [0, 0.05) is 44.3 Å². The Morgan fingerprint density at radius 3 is 2.28 bits per heavy atom. The monoisotopic (exact) mass is 349 g/mol. The summed E-state index contributed by atoms with van der Waals surface area (Å²) < 4.78 is 16.1. The Balaban J connectivity index is 1.58. The molecule has 138 valence electrons. The van der Waals surface area contributed by atoms with Crippen LogP contribution in [0.5, 0.6) is 17.2 Å². The van der Waals surface area contributed by atoms with Gasteiger partial charge < -0.3 is 24.4 Å². The van der Waals surface area contributed by atoms with Crippen LogP contribution < -0.4 is 19.5 Å². The third-order valence-corrected chi connectivity index (χ3v) is 4.88. The molecular formula is C18H27N3O4. The number of ether oxygens (including phenoxy) is 3. The van der Waals surface area contributed by atoms with Crippen molar-refractivity contribution in [2.75, 3.05) is 47.5 Å². The average molecular weight is 349 g/mol. The van der Waals surface area contributed by atoms with Crippen LogP contribution in [0.1, 0.15) is 18.4 Å². The number of nitrogens with zero attached hydrogens (tertiary/aromatic N) is 2. The summed E-state index contributed by atoms with van der Waals surface area (Å²) in [6.45, 7) is 3.89. The molecule has 7 heteroatoms. The lowest BCUT2D eigenvalue weighted by Gasteiger charge is -2.34. The van der Waals surface area contributed by atoms with Crippen LogP contribution >= 0.6 is 0 Å². The first-order chi connectivity index (χ1) is 12.2. The molecule has 0 spiro atoms. The lowest BCUT2D eigenvalue weighted by atomic mass is 10.1. The topological polar surface area (TPSA) is 63.3 Å². The van der Waals surface area contributed by atoms with Gasteiger partial charge in [0.2, 0.25) is 5.75 Å². The maximum Gasteiger partial charge on any atom is 0.317 e. The minimum Gasteiger partial charge on any atom is -0.493 e. The highest BCUT2D eigenvalue weighted by molar-refractivity contribution is 5.74. The molecule has 1 aromatic carbocycles. The molecule has 1 aliphatic heterocycles. The number of nitrogens with one attached hydrogen (secondary N) is 1. The van der Waals surface area contributed by atoms with E-state index in [4.69, 9.17) is 14.2 Å². The van der Waals surface area contributed by atoms with E-state index in [1.54, 1.807) is 21.3 Å². The Kier molecular flexibility index (Phi) is 5.53. The number of hydrogen-bond acceptors (Lipinski definition) is 5. The van der Waals surface area contributed by atoms with Crippen LogP contribution in [0.15, 0.2) is 12.1 Å². The quantitative estimate of drug-likeness (QED) is 0.847. The van der Waals surface area contributed by atoms with Gasteiger partial charge in [0.05, 0.1) is 21.3 Å².